The molecule has 1 saturated heterocycles. The number of ether oxygens (including phenoxy) is 1. The smallest absolute Gasteiger partial charge is 0.240 e. The van der Waals surface area contributed by atoms with E-state index in [4.69, 9.17) is 4.74 Å². The van der Waals surface area contributed by atoms with Crippen molar-refractivity contribution in [2.45, 2.75) is 56.4 Å². The lowest BCUT2D eigenvalue weighted by Gasteiger charge is -2.28. The molecule has 2 aromatic carbocycles. The fourth-order valence-electron chi connectivity index (χ4n) is 4.15. The van der Waals surface area contributed by atoms with Gasteiger partial charge < -0.3 is 10.1 Å². The lowest BCUT2D eigenvalue weighted by Crippen LogP contribution is -2.38. The Balaban J connectivity index is 1.52. The predicted octanol–water partition coefficient (Wildman–Crippen LogP) is 3.61. The zero-order valence-corrected chi connectivity index (χ0v) is 21.5. The summed E-state index contributed by atoms with van der Waals surface area (Å²) in [6, 6.07) is 14.9. The fourth-order valence-corrected chi connectivity index (χ4v) is 5.18. The van der Waals surface area contributed by atoms with Crippen molar-refractivity contribution in [3.05, 3.63) is 59.7 Å². The summed E-state index contributed by atoms with van der Waals surface area (Å²) >= 11 is 0. The highest BCUT2D eigenvalue weighted by Gasteiger charge is 2.24. The van der Waals surface area contributed by atoms with Gasteiger partial charge in [0, 0.05) is 19.5 Å². The molecule has 2 aromatic rings. The van der Waals surface area contributed by atoms with Gasteiger partial charge in [-0.1, -0.05) is 45.0 Å². The molecule has 186 valence electrons. The van der Waals surface area contributed by atoms with Gasteiger partial charge in [-0.05, 0) is 66.7 Å². The maximum absolute atomic E-state index is 12.6. The van der Waals surface area contributed by atoms with Gasteiger partial charge in [0.05, 0.1) is 18.0 Å². The number of methoxy groups -OCH3 is 1. The van der Waals surface area contributed by atoms with Gasteiger partial charge in [-0.3, -0.25) is 9.69 Å². The Morgan fingerprint density at radius 2 is 1.65 bits per heavy atom. The average molecular weight is 488 g/mol. The highest BCUT2D eigenvalue weighted by Crippen LogP contribution is 2.26. The van der Waals surface area contributed by atoms with Crippen LogP contribution in [0.15, 0.2) is 53.4 Å². The summed E-state index contributed by atoms with van der Waals surface area (Å²) in [5.74, 6) is 0.622. The molecule has 1 aliphatic rings. The van der Waals surface area contributed by atoms with Gasteiger partial charge >= 0.3 is 0 Å². The maximum atomic E-state index is 12.6. The van der Waals surface area contributed by atoms with E-state index in [1.165, 1.54) is 0 Å². The highest BCUT2D eigenvalue weighted by atomic mass is 32.2. The van der Waals surface area contributed by atoms with Crippen LogP contribution < -0.4 is 14.8 Å². The molecule has 2 N–H and O–H groups in total. The summed E-state index contributed by atoms with van der Waals surface area (Å²) in [5.41, 5.74) is 2.14. The monoisotopic (exact) mass is 487 g/mol. The van der Waals surface area contributed by atoms with Crippen LogP contribution in [-0.2, 0) is 20.2 Å². The molecule has 1 amide bonds. The summed E-state index contributed by atoms with van der Waals surface area (Å²) in [4.78, 5) is 15.1. The third-order valence-electron chi connectivity index (χ3n) is 6.25. The number of carbonyl (C=O) groups is 1. The number of nitrogens with one attached hydrogen (secondary N) is 2. The summed E-state index contributed by atoms with van der Waals surface area (Å²) < 4.78 is 33.0. The lowest BCUT2D eigenvalue weighted by molar-refractivity contribution is -0.121. The molecule has 1 aliphatic heterocycles. The molecule has 1 atom stereocenters. The molecule has 1 fully saturated rings. The number of likely N-dealkylation sites (tertiary alicyclic amines) is 1. The third-order valence-corrected chi connectivity index (χ3v) is 7.73. The molecule has 0 aromatic heterocycles. The van der Waals surface area contributed by atoms with Crippen LogP contribution in [0.1, 0.15) is 57.2 Å². The van der Waals surface area contributed by atoms with E-state index >= 15 is 0 Å². The van der Waals surface area contributed by atoms with Gasteiger partial charge in [0.15, 0.2) is 0 Å². The molecule has 0 spiro atoms. The molecular formula is C26H37N3O4S. The normalized spacial score (nSPS) is 15.8. The molecule has 0 bridgehead atoms. The maximum Gasteiger partial charge on any atom is 0.240 e. The van der Waals surface area contributed by atoms with Crippen LogP contribution >= 0.6 is 0 Å². The first kappa shape index (κ1) is 26.2. The van der Waals surface area contributed by atoms with E-state index in [-0.39, 0.29) is 35.2 Å². The van der Waals surface area contributed by atoms with Crippen LogP contribution in [0.25, 0.3) is 0 Å². The first-order valence-electron chi connectivity index (χ1n) is 11.8. The number of hydrogen-bond donors (Lipinski definition) is 2. The van der Waals surface area contributed by atoms with Crippen LogP contribution in [0.4, 0.5) is 0 Å². The first-order valence-corrected chi connectivity index (χ1v) is 13.3. The van der Waals surface area contributed by atoms with Crippen molar-refractivity contribution in [2.75, 3.05) is 33.3 Å². The van der Waals surface area contributed by atoms with Gasteiger partial charge in [0.1, 0.15) is 5.75 Å². The molecule has 0 aliphatic carbocycles. The second kappa shape index (κ2) is 11.3. The van der Waals surface area contributed by atoms with Gasteiger partial charge in [0.2, 0.25) is 15.9 Å². The average Bonchev–Trinajstić information content (AvgIpc) is 3.34. The Morgan fingerprint density at radius 1 is 1.03 bits per heavy atom. The zero-order valence-electron chi connectivity index (χ0n) is 20.6. The van der Waals surface area contributed by atoms with Crippen LogP contribution in [0.5, 0.6) is 5.75 Å². The Kier molecular flexibility index (Phi) is 8.73. The number of carbonyl (C=O) groups excluding carboxylic acids is 1. The van der Waals surface area contributed by atoms with Gasteiger partial charge in [-0.25, -0.2) is 13.1 Å². The summed E-state index contributed by atoms with van der Waals surface area (Å²) in [6.45, 7) is 8.77. The van der Waals surface area contributed by atoms with Crippen molar-refractivity contribution in [1.82, 2.24) is 14.9 Å². The minimum absolute atomic E-state index is 0.0477. The van der Waals surface area contributed by atoms with Crippen LogP contribution in [0.3, 0.4) is 0 Å². The number of hydrogen-bond acceptors (Lipinski definition) is 5. The van der Waals surface area contributed by atoms with Crippen molar-refractivity contribution in [3.8, 4) is 5.75 Å². The first-order chi connectivity index (χ1) is 16.1. The summed E-state index contributed by atoms with van der Waals surface area (Å²) in [5, 5.41) is 2.99. The standard InChI is InChI=1S/C26H37N3O4S/c1-26(2,3)21-9-13-23(14-10-21)34(31,32)28-16-15-25(30)27-19-24(29-17-5-6-18-29)20-7-11-22(33-4)12-8-20/h7-14,24,28H,5-6,15-19H2,1-4H3,(H,27,30). The second-order valence-electron chi connectivity index (χ2n) is 9.76. The molecular weight excluding hydrogens is 450 g/mol. The van der Waals surface area contributed by atoms with Crippen LogP contribution in [0.2, 0.25) is 0 Å². The highest BCUT2D eigenvalue weighted by molar-refractivity contribution is 7.89. The van der Waals surface area contributed by atoms with E-state index in [1.54, 1.807) is 19.2 Å². The van der Waals surface area contributed by atoms with E-state index in [9.17, 15) is 13.2 Å². The Morgan fingerprint density at radius 3 is 2.21 bits per heavy atom. The molecule has 0 radical (unpaired) electrons. The van der Waals surface area contributed by atoms with Crippen molar-refractivity contribution in [2.24, 2.45) is 0 Å². The number of sulfonamides is 1. The SMILES string of the molecule is COc1ccc(C(CNC(=O)CCNS(=O)(=O)c2ccc(C(C)(C)C)cc2)N2CCCC2)cc1. The summed E-state index contributed by atoms with van der Waals surface area (Å²) in [7, 11) is -2.02. The fraction of sp³-hybridized carbons (Fsp3) is 0.500. The molecule has 8 heteroatoms. The molecule has 1 heterocycles. The third kappa shape index (κ3) is 7.04. The molecule has 1 unspecified atom stereocenters. The molecule has 0 saturated carbocycles. The van der Waals surface area contributed by atoms with Crippen molar-refractivity contribution < 1.29 is 17.9 Å². The molecule has 7 nitrogen and oxygen atoms in total. The number of amides is 1. The Hall–Kier alpha value is -2.42. The minimum Gasteiger partial charge on any atom is -0.497 e. The lowest BCUT2D eigenvalue weighted by atomic mass is 9.87. The van der Waals surface area contributed by atoms with Gasteiger partial charge in [-0.2, -0.15) is 0 Å². The predicted molar refractivity (Wildman–Crippen MR) is 134 cm³/mol. The number of rotatable bonds is 10. The van der Waals surface area contributed by atoms with E-state index in [1.807, 2.05) is 36.4 Å². The van der Waals surface area contributed by atoms with E-state index in [0.29, 0.717) is 6.54 Å². The molecule has 3 rings (SSSR count). The second-order valence-corrected chi connectivity index (χ2v) is 11.5. The van der Waals surface area contributed by atoms with E-state index in [2.05, 4.69) is 35.7 Å². The van der Waals surface area contributed by atoms with Gasteiger partial charge in [-0.15, -0.1) is 0 Å². The van der Waals surface area contributed by atoms with E-state index in [0.717, 1.165) is 42.8 Å². The molecule has 34 heavy (non-hydrogen) atoms. The summed E-state index contributed by atoms with van der Waals surface area (Å²) in [6.07, 6.45) is 2.38. The van der Waals surface area contributed by atoms with Crippen molar-refractivity contribution in [1.29, 1.82) is 0 Å². The van der Waals surface area contributed by atoms with Gasteiger partial charge in [0.25, 0.3) is 0 Å². The zero-order chi connectivity index (χ0) is 24.8. The topological polar surface area (TPSA) is 87.7 Å². The number of benzene rings is 2. The van der Waals surface area contributed by atoms with Crippen LogP contribution in [-0.4, -0.2) is 52.5 Å². The number of nitrogens with zero attached hydrogens (tertiary/aromatic N) is 1. The van der Waals surface area contributed by atoms with Crippen LogP contribution in [0, 0.1) is 0 Å². The minimum atomic E-state index is -3.66. The van der Waals surface area contributed by atoms with E-state index < -0.39 is 10.0 Å². The Labute approximate surface area is 203 Å². The van der Waals surface area contributed by atoms with Crippen molar-refractivity contribution in [3.63, 3.8) is 0 Å². The largest absolute Gasteiger partial charge is 0.497 e. The Bertz CT molecular complexity index is 1040. The quantitative estimate of drug-likeness (QED) is 0.535. The van der Waals surface area contributed by atoms with Crippen molar-refractivity contribution >= 4 is 15.9 Å².